The fraction of sp³-hybridized carbons (Fsp3) is 0.958. The third-order valence-corrected chi connectivity index (χ3v) is 10.3. The number of carbonyl (C=O) groups is 1. The average Bonchev–Trinajstić information content (AvgIpc) is 3.00. The first kappa shape index (κ1) is 20.7. The molecule has 28 heavy (non-hydrogen) atoms. The van der Waals surface area contributed by atoms with Crippen molar-refractivity contribution in [1.29, 1.82) is 0 Å². The van der Waals surface area contributed by atoms with Gasteiger partial charge in [0.05, 0.1) is 12.2 Å². The maximum Gasteiger partial charge on any atom is 0.303 e. The van der Waals surface area contributed by atoms with Gasteiger partial charge >= 0.3 is 5.97 Å². The molecule has 3 N–H and O–H groups in total. The summed E-state index contributed by atoms with van der Waals surface area (Å²) >= 11 is 0. The summed E-state index contributed by atoms with van der Waals surface area (Å²) in [6.45, 7) is 6.99. The number of hydrogen-bond donors (Lipinski definition) is 3. The van der Waals surface area contributed by atoms with E-state index in [1.165, 1.54) is 19.3 Å². The molecule has 10 atom stereocenters. The van der Waals surface area contributed by atoms with Crippen molar-refractivity contribution in [3.63, 3.8) is 0 Å². The molecule has 0 heterocycles. The summed E-state index contributed by atoms with van der Waals surface area (Å²) in [5.41, 5.74) is 0.216. The maximum atomic E-state index is 11.5. The molecule has 4 aliphatic rings. The van der Waals surface area contributed by atoms with Gasteiger partial charge in [-0.1, -0.05) is 20.8 Å². The van der Waals surface area contributed by atoms with Crippen LogP contribution in [0.1, 0.15) is 85.0 Å². The topological polar surface area (TPSA) is 77.8 Å². The monoisotopic (exact) mass is 392 g/mol. The Bertz CT molecular complexity index is 605. The number of fused-ring (bicyclic) bond motifs is 5. The quantitative estimate of drug-likeness (QED) is 0.659. The summed E-state index contributed by atoms with van der Waals surface area (Å²) in [4.78, 5) is 11.1. The lowest BCUT2D eigenvalue weighted by atomic mass is 9.43. The molecule has 4 nitrogen and oxygen atoms in total. The molecule has 0 spiro atoms. The highest BCUT2D eigenvalue weighted by Crippen LogP contribution is 2.68. The molecular weight excluding hydrogens is 352 g/mol. The second-order valence-corrected chi connectivity index (χ2v) is 11.3. The standard InChI is InChI=1S/C24H40O4/c1-14(4-9-22(27)28)18-7-8-19-17-6-5-15-12-16(25)10-11-23(15,2)20(17)13-21(26)24(18,19)3/h14-21,25-26H,4-13H2,1-3H3,(H,27,28)/t14-,15-,16-,17+,18-,19?,20+,21+,23+,24-/m1/s1. The fourth-order valence-corrected chi connectivity index (χ4v) is 8.71. The lowest BCUT2D eigenvalue weighted by molar-refractivity contribution is -0.175. The van der Waals surface area contributed by atoms with Gasteiger partial charge in [-0.2, -0.15) is 0 Å². The molecule has 4 heteroatoms. The maximum absolute atomic E-state index is 11.5. The minimum atomic E-state index is -0.707. The molecule has 0 saturated heterocycles. The van der Waals surface area contributed by atoms with Crippen molar-refractivity contribution in [3.8, 4) is 0 Å². The first-order chi connectivity index (χ1) is 13.2. The molecule has 160 valence electrons. The molecule has 0 radical (unpaired) electrons. The minimum Gasteiger partial charge on any atom is -0.481 e. The molecule has 1 unspecified atom stereocenters. The lowest BCUT2D eigenvalue weighted by Gasteiger charge is -2.62. The summed E-state index contributed by atoms with van der Waals surface area (Å²) in [6.07, 6.45) is 9.26. The number of aliphatic hydroxyl groups excluding tert-OH is 2. The predicted octanol–water partition coefficient (Wildman–Crippen LogP) is 4.48. The molecule has 0 amide bonds. The van der Waals surface area contributed by atoms with Crippen molar-refractivity contribution >= 4 is 5.97 Å². The van der Waals surface area contributed by atoms with E-state index >= 15 is 0 Å². The third-order valence-electron chi connectivity index (χ3n) is 10.3. The average molecular weight is 393 g/mol. The van der Waals surface area contributed by atoms with Gasteiger partial charge in [0.1, 0.15) is 0 Å². The molecule has 0 aliphatic heterocycles. The van der Waals surface area contributed by atoms with Crippen LogP contribution in [0, 0.1) is 46.3 Å². The van der Waals surface area contributed by atoms with Gasteiger partial charge in [0.15, 0.2) is 0 Å². The Balaban J connectivity index is 1.56. The Labute approximate surface area is 170 Å². The van der Waals surface area contributed by atoms with Crippen LogP contribution in [0.3, 0.4) is 0 Å². The van der Waals surface area contributed by atoms with Gasteiger partial charge < -0.3 is 15.3 Å². The third kappa shape index (κ3) is 3.05. The largest absolute Gasteiger partial charge is 0.481 e. The molecule has 0 bridgehead atoms. The van der Waals surface area contributed by atoms with Gasteiger partial charge in [-0.15, -0.1) is 0 Å². The van der Waals surface area contributed by atoms with Crippen LogP contribution in [0.15, 0.2) is 0 Å². The number of carboxylic acid groups (broad SMARTS) is 1. The van der Waals surface area contributed by atoms with Crippen molar-refractivity contribution in [2.75, 3.05) is 0 Å². The lowest BCUT2D eigenvalue weighted by Crippen LogP contribution is -2.58. The Morgan fingerprint density at radius 2 is 1.79 bits per heavy atom. The van der Waals surface area contributed by atoms with Crippen molar-refractivity contribution in [2.45, 2.75) is 97.2 Å². The van der Waals surface area contributed by atoms with Crippen LogP contribution < -0.4 is 0 Å². The second-order valence-electron chi connectivity index (χ2n) is 11.3. The van der Waals surface area contributed by atoms with E-state index in [9.17, 15) is 15.0 Å². The highest BCUT2D eigenvalue weighted by molar-refractivity contribution is 5.66. The van der Waals surface area contributed by atoms with E-state index in [2.05, 4.69) is 20.8 Å². The highest BCUT2D eigenvalue weighted by atomic mass is 16.4. The van der Waals surface area contributed by atoms with Gasteiger partial charge in [0, 0.05) is 6.42 Å². The van der Waals surface area contributed by atoms with Gasteiger partial charge in [-0.05, 0) is 104 Å². The van der Waals surface area contributed by atoms with E-state index in [1.54, 1.807) is 0 Å². The van der Waals surface area contributed by atoms with Crippen molar-refractivity contribution < 1.29 is 20.1 Å². The summed E-state index contributed by atoms with van der Waals surface area (Å²) in [5, 5.41) is 30.8. The zero-order valence-electron chi connectivity index (χ0n) is 17.9. The number of hydrogen-bond acceptors (Lipinski definition) is 3. The van der Waals surface area contributed by atoms with E-state index in [-0.39, 0.29) is 29.5 Å². The number of rotatable bonds is 4. The Morgan fingerprint density at radius 1 is 1.04 bits per heavy atom. The SMILES string of the molecule is C[C@H](CCC(=O)O)[C@H]1CCC2[C@@H]3CC[C@@H]4C[C@H](O)CC[C@]4(C)[C@H]3C[C@H](O)[C@@]21C. The van der Waals surface area contributed by atoms with Crippen molar-refractivity contribution in [2.24, 2.45) is 46.3 Å². The van der Waals surface area contributed by atoms with Gasteiger partial charge in [-0.25, -0.2) is 0 Å². The molecule has 4 aliphatic carbocycles. The van der Waals surface area contributed by atoms with E-state index in [0.717, 1.165) is 38.5 Å². The smallest absolute Gasteiger partial charge is 0.303 e. The van der Waals surface area contributed by atoms with Crippen LogP contribution in [0.25, 0.3) is 0 Å². The molecular formula is C24H40O4. The molecule has 0 aromatic carbocycles. The zero-order chi connectivity index (χ0) is 20.3. The van der Waals surface area contributed by atoms with E-state index in [4.69, 9.17) is 5.11 Å². The van der Waals surface area contributed by atoms with Gasteiger partial charge in [-0.3, -0.25) is 4.79 Å². The normalized spacial score (nSPS) is 51.7. The number of aliphatic carboxylic acids is 1. The molecule has 4 saturated carbocycles. The fourth-order valence-electron chi connectivity index (χ4n) is 8.71. The van der Waals surface area contributed by atoms with Crippen molar-refractivity contribution in [3.05, 3.63) is 0 Å². The van der Waals surface area contributed by atoms with Crippen LogP contribution in [0.4, 0.5) is 0 Å². The van der Waals surface area contributed by atoms with Gasteiger partial charge in [0.2, 0.25) is 0 Å². The molecule has 4 rings (SSSR count). The zero-order valence-corrected chi connectivity index (χ0v) is 17.9. The van der Waals surface area contributed by atoms with Crippen molar-refractivity contribution in [1.82, 2.24) is 0 Å². The molecule has 4 fully saturated rings. The molecule has 0 aromatic heterocycles. The minimum absolute atomic E-state index is 0.0591. The Kier molecular flexibility index (Phi) is 5.36. The number of carboxylic acids is 1. The summed E-state index contributed by atoms with van der Waals surface area (Å²) in [5.74, 6) is 2.55. The molecule has 0 aromatic rings. The number of aliphatic hydroxyl groups is 2. The van der Waals surface area contributed by atoms with Gasteiger partial charge in [0.25, 0.3) is 0 Å². The van der Waals surface area contributed by atoms with Crippen LogP contribution in [0.5, 0.6) is 0 Å². The highest BCUT2D eigenvalue weighted by Gasteiger charge is 2.63. The first-order valence-electron chi connectivity index (χ1n) is 11.8. The summed E-state index contributed by atoms with van der Waals surface area (Å²) < 4.78 is 0. The van der Waals surface area contributed by atoms with E-state index in [1.807, 2.05) is 0 Å². The summed E-state index contributed by atoms with van der Waals surface area (Å²) in [6, 6.07) is 0. The van der Waals surface area contributed by atoms with Crippen LogP contribution in [-0.2, 0) is 4.79 Å². The van der Waals surface area contributed by atoms with Crippen LogP contribution >= 0.6 is 0 Å². The van der Waals surface area contributed by atoms with Crippen LogP contribution in [-0.4, -0.2) is 33.5 Å². The Hall–Kier alpha value is -0.610. The first-order valence-corrected chi connectivity index (χ1v) is 11.8. The van der Waals surface area contributed by atoms with Crippen LogP contribution in [0.2, 0.25) is 0 Å². The predicted molar refractivity (Wildman–Crippen MR) is 109 cm³/mol. The van der Waals surface area contributed by atoms with E-state index in [0.29, 0.717) is 35.5 Å². The second kappa shape index (κ2) is 7.27. The van der Waals surface area contributed by atoms with E-state index < -0.39 is 5.97 Å². The summed E-state index contributed by atoms with van der Waals surface area (Å²) in [7, 11) is 0. The Morgan fingerprint density at radius 3 is 2.50 bits per heavy atom.